The lowest BCUT2D eigenvalue weighted by Crippen LogP contribution is -2.17. The number of carbonyl (C=O) groups is 1. The van der Waals surface area contributed by atoms with Crippen LogP contribution < -0.4 is 0 Å². The highest BCUT2D eigenvalue weighted by atomic mass is 16.5. The first-order valence-corrected chi connectivity index (χ1v) is 5.49. The summed E-state index contributed by atoms with van der Waals surface area (Å²) in [6.45, 7) is 6.16. The Hall–Kier alpha value is -0.305. The summed E-state index contributed by atoms with van der Waals surface area (Å²) >= 11 is 0. The molecule has 1 aliphatic heterocycles. The molecule has 0 aromatic rings. The number of hydrogen-bond donors (Lipinski definition) is 0. The fraction of sp³-hybridized carbons (Fsp3) is 0.909. The molecule has 4 unspecified atom stereocenters. The van der Waals surface area contributed by atoms with Gasteiger partial charge in [0.25, 0.3) is 0 Å². The number of carbonyl (C=O) groups excluding carboxylic acids is 1. The van der Waals surface area contributed by atoms with Crippen LogP contribution in [0.3, 0.4) is 0 Å². The van der Waals surface area contributed by atoms with Crippen molar-refractivity contribution in [2.75, 3.05) is 0 Å². The van der Waals surface area contributed by atoms with E-state index in [0.29, 0.717) is 30.5 Å². The van der Waals surface area contributed by atoms with Crippen LogP contribution in [0.2, 0.25) is 0 Å². The average molecular weight is 194 g/mol. The van der Waals surface area contributed by atoms with E-state index in [0.717, 1.165) is 6.42 Å². The molecule has 0 bridgehead atoms. The predicted octanol–water partition coefficient (Wildman–Crippen LogP) is 1.91. The quantitative estimate of drug-likeness (QED) is 0.639. The number of Topliss-reactive ketones (excluding diaryl/α,β-unsaturated/α-hetero) is 1. The van der Waals surface area contributed by atoms with Crippen molar-refractivity contribution in [2.45, 2.75) is 52.1 Å². The molecule has 0 saturated carbocycles. The standard InChI is InChI=1S/C11H19BO2/c1-4-9(13)5-6-10-7(2)8(3)11(12)14-10/h7-8,10-11H,4-6H2,1-3H3. The molecule has 0 N–H and O–H groups in total. The zero-order valence-electron chi connectivity index (χ0n) is 9.32. The van der Waals surface area contributed by atoms with Gasteiger partial charge in [-0.3, -0.25) is 4.79 Å². The topological polar surface area (TPSA) is 26.3 Å². The van der Waals surface area contributed by atoms with Crippen LogP contribution in [-0.4, -0.2) is 25.7 Å². The minimum absolute atomic E-state index is 0.147. The minimum atomic E-state index is -0.147. The van der Waals surface area contributed by atoms with Crippen molar-refractivity contribution >= 4 is 13.6 Å². The molecular formula is C11H19BO2. The van der Waals surface area contributed by atoms with Crippen molar-refractivity contribution in [1.82, 2.24) is 0 Å². The molecule has 1 rings (SSSR count). The van der Waals surface area contributed by atoms with Gasteiger partial charge in [-0.1, -0.05) is 20.8 Å². The normalized spacial score (nSPS) is 37.4. The Morgan fingerprint density at radius 1 is 1.36 bits per heavy atom. The fourth-order valence-corrected chi connectivity index (χ4v) is 1.90. The number of ether oxygens (including phenoxy) is 1. The molecule has 78 valence electrons. The molecule has 2 nitrogen and oxygen atoms in total. The van der Waals surface area contributed by atoms with Crippen molar-refractivity contribution in [3.05, 3.63) is 0 Å². The molecule has 0 amide bonds. The SMILES string of the molecule is [B]C1OC(CCC(=O)CC)C(C)C1C. The van der Waals surface area contributed by atoms with Crippen LogP contribution in [0.25, 0.3) is 0 Å². The third kappa shape index (κ3) is 2.60. The Balaban J connectivity index is 2.36. The van der Waals surface area contributed by atoms with Gasteiger partial charge in [-0.15, -0.1) is 0 Å². The maximum atomic E-state index is 11.2. The molecular weight excluding hydrogens is 175 g/mol. The van der Waals surface area contributed by atoms with Crippen molar-refractivity contribution in [2.24, 2.45) is 11.8 Å². The van der Waals surface area contributed by atoms with Crippen molar-refractivity contribution in [3.8, 4) is 0 Å². The Bertz CT molecular complexity index is 205. The van der Waals surface area contributed by atoms with E-state index in [-0.39, 0.29) is 12.1 Å². The molecule has 0 spiro atoms. The van der Waals surface area contributed by atoms with Gasteiger partial charge in [0, 0.05) is 18.8 Å². The van der Waals surface area contributed by atoms with E-state index >= 15 is 0 Å². The lowest BCUT2D eigenvalue weighted by molar-refractivity contribution is -0.119. The number of rotatable bonds is 4. The molecule has 1 heterocycles. The fourth-order valence-electron chi connectivity index (χ4n) is 1.90. The second-order valence-electron chi connectivity index (χ2n) is 4.29. The van der Waals surface area contributed by atoms with Gasteiger partial charge in [-0.25, -0.2) is 0 Å². The molecule has 14 heavy (non-hydrogen) atoms. The molecule has 0 aromatic heterocycles. The maximum Gasteiger partial charge on any atom is 0.132 e. The third-order valence-electron chi connectivity index (χ3n) is 3.37. The largest absolute Gasteiger partial charge is 0.384 e. The summed E-state index contributed by atoms with van der Waals surface area (Å²) in [5.41, 5.74) is 0. The van der Waals surface area contributed by atoms with Crippen LogP contribution in [0, 0.1) is 11.8 Å². The molecule has 1 saturated heterocycles. The van der Waals surface area contributed by atoms with Crippen LogP contribution in [0.5, 0.6) is 0 Å². The van der Waals surface area contributed by atoms with Gasteiger partial charge in [-0.2, -0.15) is 0 Å². The third-order valence-corrected chi connectivity index (χ3v) is 3.37. The van der Waals surface area contributed by atoms with E-state index in [1.165, 1.54) is 0 Å². The summed E-state index contributed by atoms with van der Waals surface area (Å²) < 4.78 is 5.61. The first kappa shape index (κ1) is 11.8. The summed E-state index contributed by atoms with van der Waals surface area (Å²) in [5, 5.41) is 0. The molecule has 3 heteroatoms. The Kier molecular flexibility index (Phi) is 4.18. The van der Waals surface area contributed by atoms with Gasteiger partial charge in [0.05, 0.1) is 6.10 Å². The first-order valence-electron chi connectivity index (χ1n) is 5.49. The van der Waals surface area contributed by atoms with Crippen molar-refractivity contribution < 1.29 is 9.53 Å². The van der Waals surface area contributed by atoms with Crippen LogP contribution >= 0.6 is 0 Å². The van der Waals surface area contributed by atoms with Gasteiger partial charge in [0.1, 0.15) is 13.6 Å². The summed E-state index contributed by atoms with van der Waals surface area (Å²) in [6.07, 6.45) is 2.26. The Morgan fingerprint density at radius 2 is 2.00 bits per heavy atom. The van der Waals surface area contributed by atoms with E-state index in [2.05, 4.69) is 13.8 Å². The number of hydrogen-bond acceptors (Lipinski definition) is 2. The molecule has 1 fully saturated rings. The van der Waals surface area contributed by atoms with Crippen LogP contribution in [0.15, 0.2) is 0 Å². The molecule has 4 atom stereocenters. The second-order valence-corrected chi connectivity index (χ2v) is 4.29. The summed E-state index contributed by atoms with van der Waals surface area (Å²) in [5.74, 6) is 1.18. The maximum absolute atomic E-state index is 11.2. The first-order chi connectivity index (χ1) is 6.56. The average Bonchev–Trinajstić information content (AvgIpc) is 2.42. The van der Waals surface area contributed by atoms with Crippen molar-refractivity contribution in [1.29, 1.82) is 0 Å². The monoisotopic (exact) mass is 194 g/mol. The molecule has 0 aliphatic carbocycles. The van der Waals surface area contributed by atoms with Crippen LogP contribution in [0.1, 0.15) is 40.0 Å². The van der Waals surface area contributed by atoms with E-state index in [4.69, 9.17) is 12.6 Å². The van der Waals surface area contributed by atoms with Gasteiger partial charge < -0.3 is 4.74 Å². The van der Waals surface area contributed by atoms with Crippen LogP contribution in [-0.2, 0) is 9.53 Å². The highest BCUT2D eigenvalue weighted by Gasteiger charge is 2.35. The Labute approximate surface area is 87.8 Å². The summed E-state index contributed by atoms with van der Waals surface area (Å²) in [4.78, 5) is 11.2. The van der Waals surface area contributed by atoms with Gasteiger partial charge >= 0.3 is 0 Å². The summed E-state index contributed by atoms with van der Waals surface area (Å²) in [7, 11) is 5.79. The van der Waals surface area contributed by atoms with Gasteiger partial charge in [-0.05, 0) is 18.3 Å². The molecule has 0 aromatic carbocycles. The van der Waals surface area contributed by atoms with E-state index in [1.807, 2.05) is 6.92 Å². The zero-order valence-corrected chi connectivity index (χ0v) is 9.32. The molecule has 1 aliphatic rings. The highest BCUT2D eigenvalue weighted by molar-refractivity contribution is 6.11. The Morgan fingerprint density at radius 3 is 2.43 bits per heavy atom. The van der Waals surface area contributed by atoms with Gasteiger partial charge in [0.2, 0.25) is 0 Å². The minimum Gasteiger partial charge on any atom is -0.384 e. The zero-order chi connectivity index (χ0) is 10.7. The lowest BCUT2D eigenvalue weighted by atomic mass is 9.81. The smallest absolute Gasteiger partial charge is 0.132 e. The second kappa shape index (κ2) is 4.97. The van der Waals surface area contributed by atoms with Gasteiger partial charge in [0.15, 0.2) is 0 Å². The number of ketones is 1. The lowest BCUT2D eigenvalue weighted by Gasteiger charge is -2.15. The highest BCUT2D eigenvalue weighted by Crippen LogP contribution is 2.32. The van der Waals surface area contributed by atoms with E-state index < -0.39 is 0 Å². The van der Waals surface area contributed by atoms with Crippen LogP contribution in [0.4, 0.5) is 0 Å². The predicted molar refractivity (Wildman–Crippen MR) is 57.3 cm³/mol. The summed E-state index contributed by atoms with van der Waals surface area (Å²) in [6, 6.07) is -0.147. The molecule has 2 radical (unpaired) electrons. The van der Waals surface area contributed by atoms with Crippen molar-refractivity contribution in [3.63, 3.8) is 0 Å². The van der Waals surface area contributed by atoms with E-state index in [1.54, 1.807) is 0 Å². The van der Waals surface area contributed by atoms with E-state index in [9.17, 15) is 4.79 Å².